The normalized spacial score (nSPS) is 28.8. The van der Waals surface area contributed by atoms with Crippen LogP contribution in [0.25, 0.3) is 0 Å². The number of ether oxygens (including phenoxy) is 4. The van der Waals surface area contributed by atoms with Crippen LogP contribution in [0.4, 0.5) is 0 Å². The highest BCUT2D eigenvalue weighted by atomic mass is 16.6. The minimum Gasteiger partial charge on any atom is -0.462 e. The molecule has 0 amide bonds. The highest BCUT2D eigenvalue weighted by Gasteiger charge is 2.51. The monoisotopic (exact) mass is 827 g/mol. The van der Waals surface area contributed by atoms with Crippen LogP contribution in [0, 0.1) is 11.8 Å². The van der Waals surface area contributed by atoms with Crippen molar-refractivity contribution in [2.45, 2.75) is 224 Å². The number of nitrogens with zero attached hydrogens (tertiary/aromatic N) is 4. The average molecular weight is 827 g/mol. The molecule has 4 fully saturated rings. The number of carbonyl (C=O) groups excluding carboxylic acids is 4. The van der Waals surface area contributed by atoms with Crippen molar-refractivity contribution in [2.75, 3.05) is 6.54 Å². The number of esters is 4. The molecule has 334 valence electrons. The summed E-state index contributed by atoms with van der Waals surface area (Å²) in [6.07, 6.45) is -1.57. The molecule has 58 heavy (non-hydrogen) atoms. The maximum absolute atomic E-state index is 14.6. The molecule has 0 radical (unpaired) electrons. The molecular formula is C42H74N4O12. The van der Waals surface area contributed by atoms with E-state index in [2.05, 4.69) is 0 Å². The van der Waals surface area contributed by atoms with Crippen molar-refractivity contribution in [3.8, 4) is 0 Å². The Morgan fingerprint density at radius 2 is 0.707 bits per heavy atom. The summed E-state index contributed by atoms with van der Waals surface area (Å²) in [7, 11) is 0. The Morgan fingerprint density at radius 3 is 1.00 bits per heavy atom. The zero-order valence-corrected chi connectivity index (χ0v) is 37.6. The van der Waals surface area contributed by atoms with Gasteiger partial charge in [-0.2, -0.15) is 20.3 Å². The largest absolute Gasteiger partial charge is 0.462 e. The summed E-state index contributed by atoms with van der Waals surface area (Å²) in [6, 6.07) is 0. The third kappa shape index (κ3) is 11.1. The minimum atomic E-state index is -1.53. The van der Waals surface area contributed by atoms with E-state index >= 15 is 0 Å². The van der Waals surface area contributed by atoms with Crippen molar-refractivity contribution in [3.63, 3.8) is 0 Å². The van der Waals surface area contributed by atoms with Gasteiger partial charge in [-0.15, -0.1) is 0 Å². The van der Waals surface area contributed by atoms with Crippen LogP contribution < -0.4 is 0 Å². The first-order valence-electron chi connectivity index (χ1n) is 20.9. The second-order valence-corrected chi connectivity index (χ2v) is 21.9. The number of hydrogen-bond donors (Lipinski definition) is 4. The Labute approximate surface area is 345 Å². The predicted molar refractivity (Wildman–Crippen MR) is 211 cm³/mol. The van der Waals surface area contributed by atoms with Gasteiger partial charge in [0.2, 0.25) is 0 Å². The number of carbonyl (C=O) groups is 4. The zero-order chi connectivity index (χ0) is 44.2. The van der Waals surface area contributed by atoms with Crippen molar-refractivity contribution in [3.05, 3.63) is 0 Å². The van der Waals surface area contributed by atoms with Crippen LogP contribution in [0.2, 0.25) is 0 Å². The molecule has 0 aromatic rings. The SMILES string of the molecule is CC1(C)CC(OC(=O)C(CC(=O)OC2CC(C)(C)N(O)C(C)(C)C2)C(CC(=O)OC2CC(C)(C)N(O)C(C)(C)C2)C(=O)OC2CC(C)(C)N(O)C(C)(C)C2)CCN1O. The summed E-state index contributed by atoms with van der Waals surface area (Å²) < 4.78 is 24.2. The smallest absolute Gasteiger partial charge is 0.310 e. The molecule has 16 nitrogen and oxygen atoms in total. The lowest BCUT2D eigenvalue weighted by molar-refractivity contribution is -0.261. The van der Waals surface area contributed by atoms with E-state index in [-0.39, 0.29) is 25.8 Å². The Morgan fingerprint density at radius 1 is 0.448 bits per heavy atom. The van der Waals surface area contributed by atoms with Gasteiger partial charge >= 0.3 is 23.9 Å². The van der Waals surface area contributed by atoms with Gasteiger partial charge in [0.1, 0.15) is 24.4 Å². The topological polar surface area (TPSA) is 199 Å². The number of piperidine rings is 4. The summed E-state index contributed by atoms with van der Waals surface area (Å²) in [6.45, 7) is 25.8. The Bertz CT molecular complexity index is 1470. The summed E-state index contributed by atoms with van der Waals surface area (Å²) in [5.41, 5.74) is -5.26. The zero-order valence-electron chi connectivity index (χ0n) is 37.6. The van der Waals surface area contributed by atoms with Crippen molar-refractivity contribution in [1.82, 2.24) is 20.3 Å². The Balaban J connectivity index is 1.69. The number of hydrogen-bond acceptors (Lipinski definition) is 16. The maximum atomic E-state index is 14.6. The lowest BCUT2D eigenvalue weighted by Gasteiger charge is -2.51. The molecule has 0 saturated carbocycles. The summed E-state index contributed by atoms with van der Waals surface area (Å²) in [5.74, 6) is -6.38. The van der Waals surface area contributed by atoms with Gasteiger partial charge in [0.15, 0.2) is 0 Å². The maximum Gasteiger partial charge on any atom is 0.310 e. The third-order valence-corrected chi connectivity index (χ3v) is 12.9. The second-order valence-electron chi connectivity index (χ2n) is 21.9. The molecule has 0 spiro atoms. The number of rotatable bonds is 11. The number of hydroxylamine groups is 8. The second kappa shape index (κ2) is 16.8. The van der Waals surface area contributed by atoms with Gasteiger partial charge in [-0.3, -0.25) is 19.2 Å². The van der Waals surface area contributed by atoms with E-state index in [9.17, 15) is 40.0 Å². The summed E-state index contributed by atoms with van der Waals surface area (Å²) in [5, 5.41) is 48.1. The summed E-state index contributed by atoms with van der Waals surface area (Å²) >= 11 is 0. The average Bonchev–Trinajstić information content (AvgIpc) is 3.03. The van der Waals surface area contributed by atoms with Crippen molar-refractivity contribution >= 4 is 23.9 Å². The van der Waals surface area contributed by atoms with Crippen molar-refractivity contribution in [2.24, 2.45) is 11.8 Å². The molecule has 4 N–H and O–H groups in total. The van der Waals surface area contributed by atoms with Crippen LogP contribution in [0.15, 0.2) is 0 Å². The minimum absolute atomic E-state index is 0.221. The molecule has 4 heterocycles. The first-order valence-corrected chi connectivity index (χ1v) is 20.9. The third-order valence-electron chi connectivity index (χ3n) is 12.9. The van der Waals surface area contributed by atoms with Crippen LogP contribution in [0.5, 0.6) is 0 Å². The Hall–Kier alpha value is -2.44. The van der Waals surface area contributed by atoms with E-state index in [1.165, 1.54) is 20.3 Å². The van der Waals surface area contributed by atoms with E-state index in [4.69, 9.17) is 18.9 Å². The van der Waals surface area contributed by atoms with Gasteiger partial charge in [0.25, 0.3) is 0 Å². The van der Waals surface area contributed by atoms with Crippen LogP contribution in [0.1, 0.15) is 161 Å². The lowest BCUT2D eigenvalue weighted by Crippen LogP contribution is -2.61. The summed E-state index contributed by atoms with van der Waals surface area (Å²) in [4.78, 5) is 57.0. The van der Waals surface area contributed by atoms with Gasteiger partial charge in [-0.25, -0.2) is 0 Å². The van der Waals surface area contributed by atoms with Gasteiger partial charge in [-0.1, -0.05) is 0 Å². The lowest BCUT2D eigenvalue weighted by atomic mass is 9.79. The first kappa shape index (κ1) is 48.2. The van der Waals surface area contributed by atoms with Gasteiger partial charge in [-0.05, 0) is 103 Å². The fourth-order valence-corrected chi connectivity index (χ4v) is 10.3. The highest BCUT2D eigenvalue weighted by Crippen LogP contribution is 2.42. The standard InChI is InChI=1S/C42H74N4O12/c1-36(2)19-26(15-16-43(36)51)57-34(49)30(17-32(47)55-27-20-37(3,4)44(52)38(5,6)21-27)31(35(50)58-29-24-41(11,12)46(54)42(13,14)25-29)18-33(48)56-28-22-39(7,8)45(53)40(9,10)23-28/h26-31,51-54H,15-25H2,1-14H3. The molecular weight excluding hydrogens is 752 g/mol. The quantitative estimate of drug-likeness (QED) is 0.139. The van der Waals surface area contributed by atoms with Crippen LogP contribution >= 0.6 is 0 Å². The van der Waals surface area contributed by atoms with Gasteiger partial charge < -0.3 is 39.8 Å². The molecule has 16 heteroatoms. The fourth-order valence-electron chi connectivity index (χ4n) is 10.3. The van der Waals surface area contributed by atoms with Crippen LogP contribution in [-0.2, 0) is 38.1 Å². The van der Waals surface area contributed by atoms with Crippen molar-refractivity contribution in [1.29, 1.82) is 0 Å². The molecule has 0 aliphatic carbocycles. The van der Waals surface area contributed by atoms with E-state index in [0.717, 1.165) is 0 Å². The van der Waals surface area contributed by atoms with E-state index in [1.54, 1.807) is 0 Å². The van der Waals surface area contributed by atoms with E-state index in [1.807, 2.05) is 96.9 Å². The molecule has 0 bridgehead atoms. The highest BCUT2D eigenvalue weighted by molar-refractivity contribution is 5.88. The predicted octanol–water partition coefficient (Wildman–Crippen LogP) is 6.04. The molecule has 4 saturated heterocycles. The molecule has 3 atom stereocenters. The van der Waals surface area contributed by atoms with E-state index in [0.29, 0.717) is 32.1 Å². The molecule has 4 rings (SSSR count). The molecule has 4 aliphatic heterocycles. The van der Waals surface area contributed by atoms with E-state index < -0.39 is 112 Å². The fraction of sp³-hybridized carbons (Fsp3) is 0.905. The Kier molecular flexibility index (Phi) is 14.0. The van der Waals surface area contributed by atoms with Crippen LogP contribution in [-0.4, -0.2) is 135 Å². The first-order chi connectivity index (χ1) is 26.2. The molecule has 4 aliphatic rings. The van der Waals surface area contributed by atoms with Gasteiger partial charge in [0.05, 0.1) is 24.7 Å². The van der Waals surface area contributed by atoms with Gasteiger partial charge in [0, 0.05) is 90.3 Å². The van der Waals surface area contributed by atoms with Crippen molar-refractivity contribution < 1.29 is 59.0 Å². The molecule has 0 aromatic heterocycles. The van der Waals surface area contributed by atoms with Crippen LogP contribution in [0.3, 0.4) is 0 Å². The molecule has 3 unspecified atom stereocenters. The molecule has 0 aromatic carbocycles.